The summed E-state index contributed by atoms with van der Waals surface area (Å²) in [5.41, 5.74) is 2.08. The fourth-order valence-electron chi connectivity index (χ4n) is 3.22. The van der Waals surface area contributed by atoms with E-state index in [-0.39, 0.29) is 42.5 Å². The highest BCUT2D eigenvalue weighted by atomic mass is 127. The van der Waals surface area contributed by atoms with Crippen molar-refractivity contribution in [3.05, 3.63) is 59.7 Å². The van der Waals surface area contributed by atoms with Crippen LogP contribution in [0.2, 0.25) is 0 Å². The molecule has 0 saturated heterocycles. The first-order valence-corrected chi connectivity index (χ1v) is 10.3. The van der Waals surface area contributed by atoms with Crippen LogP contribution in [0.15, 0.2) is 53.5 Å². The van der Waals surface area contributed by atoms with Gasteiger partial charge in [0.15, 0.2) is 5.96 Å². The van der Waals surface area contributed by atoms with Crippen LogP contribution in [-0.2, 0) is 11.3 Å². The maximum atomic E-state index is 12.1. The molecular weight excluding hydrogens is 507 g/mol. The van der Waals surface area contributed by atoms with E-state index in [0.29, 0.717) is 25.7 Å². The highest BCUT2D eigenvalue weighted by molar-refractivity contribution is 14.0. The summed E-state index contributed by atoms with van der Waals surface area (Å²) in [4.78, 5) is 18.4. The Morgan fingerprint density at radius 1 is 1.19 bits per heavy atom. The van der Waals surface area contributed by atoms with Crippen LogP contribution in [-0.4, -0.2) is 50.6 Å². The number of aliphatic imine (C=N–C) groups is 1. The number of guanidine groups is 1. The Morgan fingerprint density at radius 3 is 2.71 bits per heavy atom. The topological polar surface area (TPSA) is 75.2 Å². The molecule has 0 spiro atoms. The fraction of sp³-hybridized carbons (Fsp3) is 0.391. The lowest BCUT2D eigenvalue weighted by Gasteiger charge is -2.28. The van der Waals surface area contributed by atoms with Crippen LogP contribution in [0.3, 0.4) is 0 Å². The highest BCUT2D eigenvalue weighted by Crippen LogP contribution is 2.31. The molecule has 1 atom stereocenters. The first-order chi connectivity index (χ1) is 14.6. The highest BCUT2D eigenvalue weighted by Gasteiger charge is 2.22. The lowest BCUT2D eigenvalue weighted by atomic mass is 10.0. The molecule has 1 unspecified atom stereocenters. The molecule has 0 fully saturated rings. The number of halogens is 1. The fourth-order valence-corrected chi connectivity index (χ4v) is 3.22. The summed E-state index contributed by atoms with van der Waals surface area (Å²) in [5, 5.41) is 6.64. The minimum Gasteiger partial charge on any atom is -0.494 e. The molecule has 1 heterocycles. The third kappa shape index (κ3) is 7.02. The molecule has 1 amide bonds. The number of hydrogen-bond donors (Lipinski definition) is 2. The van der Waals surface area contributed by atoms with Crippen molar-refractivity contribution in [3.8, 4) is 11.5 Å². The number of para-hydroxylation sites is 2. The van der Waals surface area contributed by atoms with Crippen molar-refractivity contribution in [1.82, 2.24) is 15.5 Å². The second kappa shape index (κ2) is 12.4. The van der Waals surface area contributed by atoms with Crippen LogP contribution >= 0.6 is 24.0 Å². The molecule has 1 aliphatic heterocycles. The van der Waals surface area contributed by atoms with E-state index >= 15 is 0 Å². The summed E-state index contributed by atoms with van der Waals surface area (Å²) in [6.45, 7) is 3.79. The van der Waals surface area contributed by atoms with Crippen molar-refractivity contribution in [2.24, 2.45) is 4.99 Å². The molecule has 8 heteroatoms. The van der Waals surface area contributed by atoms with Gasteiger partial charge >= 0.3 is 0 Å². The summed E-state index contributed by atoms with van der Waals surface area (Å²) in [6, 6.07) is 15.9. The molecule has 0 aromatic heterocycles. The van der Waals surface area contributed by atoms with Crippen molar-refractivity contribution < 1.29 is 14.3 Å². The number of likely N-dealkylation sites (N-methyl/N-ethyl adjacent to an activating group) is 1. The van der Waals surface area contributed by atoms with Gasteiger partial charge < -0.3 is 25.0 Å². The quantitative estimate of drug-likeness (QED) is 0.322. The van der Waals surface area contributed by atoms with Crippen molar-refractivity contribution in [3.63, 3.8) is 0 Å². The van der Waals surface area contributed by atoms with E-state index in [0.717, 1.165) is 29.0 Å². The zero-order chi connectivity index (χ0) is 21.3. The Balaban J connectivity index is 0.00000341. The zero-order valence-electron chi connectivity index (χ0n) is 18.3. The molecule has 0 aliphatic carbocycles. The number of carbonyl (C=O) groups excluding carboxylic acids is 1. The molecule has 2 aromatic carbocycles. The van der Waals surface area contributed by atoms with E-state index in [1.807, 2.05) is 49.4 Å². The van der Waals surface area contributed by atoms with E-state index < -0.39 is 0 Å². The summed E-state index contributed by atoms with van der Waals surface area (Å²) in [6.07, 6.45) is 0.814. The average molecular weight is 538 g/mol. The number of ether oxygens (including phenoxy) is 2. The number of benzene rings is 2. The van der Waals surface area contributed by atoms with Crippen LogP contribution in [0.25, 0.3) is 0 Å². The van der Waals surface area contributed by atoms with Gasteiger partial charge in [0.05, 0.1) is 32.3 Å². The molecule has 0 saturated carbocycles. The van der Waals surface area contributed by atoms with Gasteiger partial charge in [-0.3, -0.25) is 4.79 Å². The Morgan fingerprint density at radius 2 is 1.94 bits per heavy atom. The Kier molecular flexibility index (Phi) is 9.90. The molecule has 3 rings (SSSR count). The van der Waals surface area contributed by atoms with Crippen molar-refractivity contribution in [2.45, 2.75) is 25.9 Å². The van der Waals surface area contributed by atoms with Crippen LogP contribution in [0, 0.1) is 0 Å². The Bertz CT molecular complexity index is 889. The van der Waals surface area contributed by atoms with Crippen LogP contribution in [0.4, 0.5) is 0 Å². The second-order valence-electron chi connectivity index (χ2n) is 7.22. The van der Waals surface area contributed by atoms with Gasteiger partial charge in [0.2, 0.25) is 5.91 Å². The number of carbonyl (C=O) groups is 1. The van der Waals surface area contributed by atoms with Gasteiger partial charge in [0.1, 0.15) is 11.5 Å². The van der Waals surface area contributed by atoms with Gasteiger partial charge in [-0.2, -0.15) is 0 Å². The van der Waals surface area contributed by atoms with E-state index in [9.17, 15) is 4.79 Å². The molecule has 31 heavy (non-hydrogen) atoms. The largest absolute Gasteiger partial charge is 0.494 e. The standard InChI is InChI=1S/C23H30N4O3.HI/c1-4-29-20-11-7-5-9-17(20)15-24-23(25-16-22(28)27(2)3)26-19-13-14-30-21-12-8-6-10-18(19)21;/h5-12,19H,4,13-16H2,1-3H3,(H2,24,25,26);1H. The normalized spacial score (nSPS) is 15.1. The smallest absolute Gasteiger partial charge is 0.241 e. The van der Waals surface area contributed by atoms with Crippen LogP contribution in [0.5, 0.6) is 11.5 Å². The molecule has 2 N–H and O–H groups in total. The number of rotatable bonds is 7. The summed E-state index contributed by atoms with van der Waals surface area (Å²) in [7, 11) is 3.47. The van der Waals surface area contributed by atoms with Gasteiger partial charge in [0, 0.05) is 31.6 Å². The number of fused-ring (bicyclic) bond motifs is 1. The summed E-state index contributed by atoms with van der Waals surface area (Å²) >= 11 is 0. The third-order valence-corrected chi connectivity index (χ3v) is 4.86. The predicted octanol–water partition coefficient (Wildman–Crippen LogP) is 3.35. The van der Waals surface area contributed by atoms with Crippen molar-refractivity contribution >= 4 is 35.8 Å². The number of nitrogens with one attached hydrogen (secondary N) is 2. The Labute approximate surface area is 201 Å². The third-order valence-electron chi connectivity index (χ3n) is 4.86. The first-order valence-electron chi connectivity index (χ1n) is 10.3. The van der Waals surface area contributed by atoms with Crippen molar-refractivity contribution in [2.75, 3.05) is 33.9 Å². The molecule has 7 nitrogen and oxygen atoms in total. The maximum absolute atomic E-state index is 12.1. The zero-order valence-corrected chi connectivity index (χ0v) is 20.6. The number of amides is 1. The second-order valence-corrected chi connectivity index (χ2v) is 7.22. The van der Waals surface area contributed by atoms with Crippen LogP contribution < -0.4 is 20.1 Å². The molecule has 0 bridgehead atoms. The van der Waals surface area contributed by atoms with Gasteiger partial charge in [-0.1, -0.05) is 36.4 Å². The van der Waals surface area contributed by atoms with Gasteiger partial charge in [-0.15, -0.1) is 24.0 Å². The monoisotopic (exact) mass is 538 g/mol. The molecule has 1 aliphatic rings. The molecule has 168 valence electrons. The van der Waals surface area contributed by atoms with E-state index in [1.54, 1.807) is 19.0 Å². The average Bonchev–Trinajstić information content (AvgIpc) is 2.76. The predicted molar refractivity (Wildman–Crippen MR) is 133 cm³/mol. The minimum atomic E-state index is -0.0217. The molecule has 2 aromatic rings. The van der Waals surface area contributed by atoms with E-state index in [2.05, 4.69) is 16.7 Å². The van der Waals surface area contributed by atoms with Crippen LogP contribution in [0.1, 0.15) is 30.5 Å². The van der Waals surface area contributed by atoms with Gasteiger partial charge in [-0.05, 0) is 19.1 Å². The summed E-state index contributed by atoms with van der Waals surface area (Å²) < 4.78 is 11.5. The molecule has 0 radical (unpaired) electrons. The van der Waals surface area contributed by atoms with Crippen molar-refractivity contribution in [1.29, 1.82) is 0 Å². The number of hydrogen-bond acceptors (Lipinski definition) is 4. The lowest BCUT2D eigenvalue weighted by molar-refractivity contribution is -0.127. The SMILES string of the molecule is CCOc1ccccc1CN=C(NCC(=O)N(C)C)NC1CCOc2ccccc21.I. The van der Waals surface area contributed by atoms with E-state index in [1.165, 1.54) is 0 Å². The minimum absolute atomic E-state index is 0. The van der Waals surface area contributed by atoms with E-state index in [4.69, 9.17) is 14.5 Å². The molecular formula is C23H31IN4O3. The number of nitrogens with zero attached hydrogens (tertiary/aromatic N) is 2. The van der Waals surface area contributed by atoms with Gasteiger partial charge in [-0.25, -0.2) is 4.99 Å². The maximum Gasteiger partial charge on any atom is 0.241 e. The summed E-state index contributed by atoms with van der Waals surface area (Å²) in [5.74, 6) is 2.26. The Hall–Kier alpha value is -2.49. The first kappa shape index (κ1) is 24.8. The van der Waals surface area contributed by atoms with Gasteiger partial charge in [0.25, 0.3) is 0 Å². The lowest BCUT2D eigenvalue weighted by Crippen LogP contribution is -2.45.